The Morgan fingerprint density at radius 1 is 1.44 bits per heavy atom. The Morgan fingerprint density at radius 3 is 2.78 bits per heavy atom. The molecule has 1 aromatic rings. The summed E-state index contributed by atoms with van der Waals surface area (Å²) in [6.07, 6.45) is 0.535. The largest absolute Gasteiger partial charge is 0.393 e. The zero-order chi connectivity index (χ0) is 13.5. The van der Waals surface area contributed by atoms with E-state index in [9.17, 15) is 5.11 Å². The highest BCUT2D eigenvalue weighted by Gasteiger charge is 2.08. The maximum absolute atomic E-state index is 9.36. The summed E-state index contributed by atoms with van der Waals surface area (Å²) in [5, 5.41) is 12.7. The van der Waals surface area contributed by atoms with Gasteiger partial charge >= 0.3 is 0 Å². The van der Waals surface area contributed by atoms with Crippen LogP contribution in [0.5, 0.6) is 0 Å². The average molecular weight is 315 g/mol. The van der Waals surface area contributed by atoms with Crippen molar-refractivity contribution >= 4 is 21.6 Å². The Labute approximate surface area is 118 Å². The Bertz CT molecular complexity index is 369. The Kier molecular flexibility index (Phi) is 6.68. The van der Waals surface area contributed by atoms with Gasteiger partial charge in [0.15, 0.2) is 0 Å². The van der Waals surface area contributed by atoms with Crippen molar-refractivity contribution in [2.75, 3.05) is 25.0 Å². The number of nitrogens with zero attached hydrogens (tertiary/aromatic N) is 1. The van der Waals surface area contributed by atoms with Gasteiger partial charge in [-0.2, -0.15) is 0 Å². The van der Waals surface area contributed by atoms with Gasteiger partial charge in [0, 0.05) is 30.3 Å². The maximum atomic E-state index is 9.36. The smallest absolute Gasteiger partial charge is 0.0528 e. The molecule has 4 heteroatoms. The molecule has 0 fully saturated rings. The van der Waals surface area contributed by atoms with Crippen LogP contribution in [0.2, 0.25) is 0 Å². The molecule has 1 rings (SSSR count). The van der Waals surface area contributed by atoms with Crippen molar-refractivity contribution in [3.05, 3.63) is 28.2 Å². The van der Waals surface area contributed by atoms with Crippen LogP contribution in [0.3, 0.4) is 0 Å². The number of hydrogen-bond acceptors (Lipinski definition) is 3. The van der Waals surface area contributed by atoms with Crippen molar-refractivity contribution in [1.29, 1.82) is 0 Å². The molecule has 0 heterocycles. The number of hydrogen-bond donors (Lipinski definition) is 2. The second-order valence-corrected chi connectivity index (χ2v) is 5.53. The Balaban J connectivity index is 2.78. The number of rotatable bonds is 7. The third-order valence-corrected chi connectivity index (χ3v) is 3.39. The first-order valence-electron chi connectivity index (χ1n) is 6.43. The van der Waals surface area contributed by atoms with Crippen LogP contribution in [0, 0.1) is 0 Å². The molecule has 0 amide bonds. The second-order valence-electron chi connectivity index (χ2n) is 4.61. The summed E-state index contributed by atoms with van der Waals surface area (Å²) in [5.74, 6) is 0. The first-order valence-corrected chi connectivity index (χ1v) is 7.22. The monoisotopic (exact) mass is 314 g/mol. The fourth-order valence-electron chi connectivity index (χ4n) is 1.83. The van der Waals surface area contributed by atoms with Crippen molar-refractivity contribution in [1.82, 2.24) is 5.32 Å². The van der Waals surface area contributed by atoms with E-state index in [4.69, 9.17) is 0 Å². The van der Waals surface area contributed by atoms with Crippen LogP contribution in [0.1, 0.15) is 25.8 Å². The standard InChI is InChI=1S/C14H23BrN2O/c1-4-16-10-12-9-13(15)5-6-14(12)17(3)8-7-11(2)18/h5-6,9,11,16,18H,4,7-8,10H2,1-3H3. The fraction of sp³-hybridized carbons (Fsp3) is 0.571. The molecule has 0 aliphatic heterocycles. The fourth-order valence-corrected chi connectivity index (χ4v) is 2.24. The van der Waals surface area contributed by atoms with Gasteiger partial charge in [0.1, 0.15) is 0 Å². The van der Waals surface area contributed by atoms with Gasteiger partial charge in [-0.15, -0.1) is 0 Å². The van der Waals surface area contributed by atoms with E-state index in [2.05, 4.69) is 58.3 Å². The summed E-state index contributed by atoms with van der Waals surface area (Å²) in [6.45, 7) is 6.62. The van der Waals surface area contributed by atoms with Gasteiger partial charge in [-0.05, 0) is 43.7 Å². The van der Waals surface area contributed by atoms with E-state index >= 15 is 0 Å². The maximum Gasteiger partial charge on any atom is 0.0528 e. The van der Waals surface area contributed by atoms with Crippen molar-refractivity contribution < 1.29 is 5.11 Å². The van der Waals surface area contributed by atoms with E-state index < -0.39 is 0 Å². The molecule has 18 heavy (non-hydrogen) atoms. The van der Waals surface area contributed by atoms with Crippen molar-refractivity contribution in [2.45, 2.75) is 32.9 Å². The minimum atomic E-state index is -0.250. The van der Waals surface area contributed by atoms with Crippen LogP contribution in [0.15, 0.2) is 22.7 Å². The van der Waals surface area contributed by atoms with E-state index in [1.165, 1.54) is 11.3 Å². The molecule has 1 atom stereocenters. The summed E-state index contributed by atoms with van der Waals surface area (Å²) >= 11 is 3.51. The van der Waals surface area contributed by atoms with E-state index in [0.717, 1.165) is 30.5 Å². The van der Waals surface area contributed by atoms with Gasteiger partial charge in [-0.3, -0.25) is 0 Å². The number of aliphatic hydroxyl groups is 1. The minimum Gasteiger partial charge on any atom is -0.393 e. The first kappa shape index (κ1) is 15.5. The summed E-state index contributed by atoms with van der Waals surface area (Å²) in [7, 11) is 2.07. The van der Waals surface area contributed by atoms with Crippen LogP contribution in [0.25, 0.3) is 0 Å². The molecule has 0 saturated heterocycles. The number of nitrogens with one attached hydrogen (secondary N) is 1. The van der Waals surface area contributed by atoms with Crippen LogP contribution in [-0.4, -0.2) is 31.3 Å². The number of benzene rings is 1. The lowest BCUT2D eigenvalue weighted by atomic mass is 10.1. The Morgan fingerprint density at radius 2 is 2.17 bits per heavy atom. The molecular weight excluding hydrogens is 292 g/mol. The van der Waals surface area contributed by atoms with E-state index in [-0.39, 0.29) is 6.10 Å². The molecule has 0 aromatic heterocycles. The van der Waals surface area contributed by atoms with Gasteiger partial charge in [0.05, 0.1) is 6.10 Å². The minimum absolute atomic E-state index is 0.250. The molecule has 0 bridgehead atoms. The third kappa shape index (κ3) is 4.96. The van der Waals surface area contributed by atoms with Crippen LogP contribution >= 0.6 is 15.9 Å². The highest BCUT2D eigenvalue weighted by Crippen LogP contribution is 2.24. The van der Waals surface area contributed by atoms with Gasteiger partial charge < -0.3 is 15.3 Å². The van der Waals surface area contributed by atoms with Gasteiger partial charge in [-0.25, -0.2) is 0 Å². The van der Waals surface area contributed by atoms with Gasteiger partial charge in [0.25, 0.3) is 0 Å². The lowest BCUT2D eigenvalue weighted by molar-refractivity contribution is 0.187. The molecule has 1 aromatic carbocycles. The van der Waals surface area contributed by atoms with Gasteiger partial charge in [-0.1, -0.05) is 22.9 Å². The summed E-state index contributed by atoms with van der Waals surface area (Å²) in [6, 6.07) is 6.33. The topological polar surface area (TPSA) is 35.5 Å². The Hall–Kier alpha value is -0.580. The number of anilines is 1. The highest BCUT2D eigenvalue weighted by molar-refractivity contribution is 9.10. The van der Waals surface area contributed by atoms with Crippen LogP contribution in [0.4, 0.5) is 5.69 Å². The second kappa shape index (κ2) is 7.77. The lowest BCUT2D eigenvalue weighted by Gasteiger charge is -2.23. The molecule has 2 N–H and O–H groups in total. The molecular formula is C14H23BrN2O. The first-order chi connectivity index (χ1) is 8.54. The van der Waals surface area contributed by atoms with Crippen LogP contribution in [-0.2, 0) is 6.54 Å². The predicted molar refractivity (Wildman–Crippen MR) is 81.1 cm³/mol. The lowest BCUT2D eigenvalue weighted by Crippen LogP contribution is -2.24. The molecule has 0 spiro atoms. The molecule has 3 nitrogen and oxygen atoms in total. The zero-order valence-corrected chi connectivity index (χ0v) is 13.0. The molecule has 0 saturated carbocycles. The van der Waals surface area contributed by atoms with E-state index in [0.29, 0.717) is 0 Å². The molecule has 1 unspecified atom stereocenters. The normalized spacial score (nSPS) is 12.5. The summed E-state index contributed by atoms with van der Waals surface area (Å²) in [5.41, 5.74) is 2.50. The van der Waals surface area contributed by atoms with Gasteiger partial charge in [0.2, 0.25) is 0 Å². The molecule has 0 radical (unpaired) electrons. The zero-order valence-electron chi connectivity index (χ0n) is 11.4. The predicted octanol–water partition coefficient (Wildman–Crippen LogP) is 2.77. The summed E-state index contributed by atoms with van der Waals surface area (Å²) in [4.78, 5) is 2.20. The molecule has 0 aliphatic carbocycles. The van der Waals surface area contributed by atoms with E-state index in [1.807, 2.05) is 6.92 Å². The number of aliphatic hydroxyl groups excluding tert-OH is 1. The van der Waals surface area contributed by atoms with E-state index in [1.54, 1.807) is 0 Å². The van der Waals surface area contributed by atoms with Crippen molar-refractivity contribution in [2.24, 2.45) is 0 Å². The third-order valence-electron chi connectivity index (χ3n) is 2.90. The highest BCUT2D eigenvalue weighted by atomic mass is 79.9. The summed E-state index contributed by atoms with van der Waals surface area (Å²) < 4.78 is 1.10. The van der Waals surface area contributed by atoms with Crippen molar-refractivity contribution in [3.8, 4) is 0 Å². The number of halogens is 1. The quantitative estimate of drug-likeness (QED) is 0.812. The molecule has 102 valence electrons. The molecule has 0 aliphatic rings. The van der Waals surface area contributed by atoms with Crippen LogP contribution < -0.4 is 10.2 Å². The SMILES string of the molecule is CCNCc1cc(Br)ccc1N(C)CCC(C)O. The average Bonchev–Trinajstić information content (AvgIpc) is 2.33. The van der Waals surface area contributed by atoms with Crippen molar-refractivity contribution in [3.63, 3.8) is 0 Å².